The third-order valence-corrected chi connectivity index (χ3v) is 12.5. The molecule has 1 atom stereocenters. The molecule has 1 unspecified atom stereocenters. The van der Waals surface area contributed by atoms with Crippen LogP contribution in [0.25, 0.3) is 0 Å². The minimum atomic E-state index is -0.811. The summed E-state index contributed by atoms with van der Waals surface area (Å²) in [5.41, 5.74) is 0. The summed E-state index contributed by atoms with van der Waals surface area (Å²) in [5, 5.41) is 0. The molecule has 6 heteroatoms. The summed E-state index contributed by atoms with van der Waals surface area (Å²) in [6.07, 6.45) is 83.3. The Balaban J connectivity index is 4.50. The van der Waals surface area contributed by atoms with Crippen LogP contribution in [0.15, 0.2) is 122 Å². The second kappa shape index (κ2) is 60.4. The summed E-state index contributed by atoms with van der Waals surface area (Å²) >= 11 is 0. The van der Waals surface area contributed by atoms with E-state index in [9.17, 15) is 14.4 Å². The molecule has 0 spiro atoms. The van der Waals surface area contributed by atoms with Gasteiger partial charge in [0.05, 0.1) is 0 Å². The highest BCUT2D eigenvalue weighted by Gasteiger charge is 2.19. The SMILES string of the molecule is CC/C=C\C/C=C\C/C=C\C/C=C\C/C=C\C/C=C\C/C=C\CCCC(=O)OCC(COC(=O)CCCCCCCCCCCCCCC)OC(=O)CCCCCCCC/C=C\C/C=C\C/C=C\CCCCC. The van der Waals surface area contributed by atoms with Crippen LogP contribution in [-0.2, 0) is 28.6 Å². The van der Waals surface area contributed by atoms with Crippen LogP contribution < -0.4 is 0 Å². The second-order valence-electron chi connectivity index (χ2n) is 19.5. The molecule has 73 heavy (non-hydrogen) atoms. The first-order chi connectivity index (χ1) is 36.0. The molecular weight excluding hydrogens is 901 g/mol. The molecule has 0 aliphatic rings. The van der Waals surface area contributed by atoms with E-state index in [2.05, 4.69) is 142 Å². The lowest BCUT2D eigenvalue weighted by Gasteiger charge is -2.18. The van der Waals surface area contributed by atoms with Gasteiger partial charge in [-0.3, -0.25) is 14.4 Å². The van der Waals surface area contributed by atoms with Gasteiger partial charge in [-0.25, -0.2) is 0 Å². The predicted octanol–water partition coefficient (Wildman–Crippen LogP) is 20.4. The van der Waals surface area contributed by atoms with Crippen LogP contribution in [0.3, 0.4) is 0 Å². The van der Waals surface area contributed by atoms with Gasteiger partial charge in [0.25, 0.3) is 0 Å². The van der Waals surface area contributed by atoms with Crippen molar-refractivity contribution < 1.29 is 28.6 Å². The van der Waals surface area contributed by atoms with Crippen molar-refractivity contribution in [2.45, 2.75) is 271 Å². The van der Waals surface area contributed by atoms with E-state index in [0.717, 1.165) is 116 Å². The molecule has 6 nitrogen and oxygen atoms in total. The average molecular weight is 1010 g/mol. The smallest absolute Gasteiger partial charge is 0.306 e. The Bertz CT molecular complexity index is 1540. The third-order valence-electron chi connectivity index (χ3n) is 12.5. The molecule has 0 bridgehead atoms. The molecule has 0 N–H and O–H groups in total. The van der Waals surface area contributed by atoms with Crippen molar-refractivity contribution in [1.82, 2.24) is 0 Å². The number of carbonyl (C=O) groups excluding carboxylic acids is 3. The van der Waals surface area contributed by atoms with Crippen molar-refractivity contribution >= 4 is 17.9 Å². The van der Waals surface area contributed by atoms with E-state index in [1.54, 1.807) is 0 Å². The van der Waals surface area contributed by atoms with Crippen LogP contribution in [-0.4, -0.2) is 37.2 Å². The number of allylic oxidation sites excluding steroid dienone is 20. The molecule has 0 aliphatic heterocycles. The van der Waals surface area contributed by atoms with Crippen molar-refractivity contribution in [1.29, 1.82) is 0 Å². The fraction of sp³-hybridized carbons (Fsp3) is 0.657. The lowest BCUT2D eigenvalue weighted by molar-refractivity contribution is -0.167. The Morgan fingerprint density at radius 1 is 0.288 bits per heavy atom. The van der Waals surface area contributed by atoms with E-state index in [1.807, 2.05) is 0 Å². The number of carbonyl (C=O) groups is 3. The first-order valence-electron chi connectivity index (χ1n) is 30.0. The first kappa shape index (κ1) is 68.8. The van der Waals surface area contributed by atoms with Crippen LogP contribution in [0.2, 0.25) is 0 Å². The Kier molecular flexibility index (Phi) is 56.9. The molecule has 0 amide bonds. The van der Waals surface area contributed by atoms with Crippen LogP contribution in [0, 0.1) is 0 Å². The first-order valence-corrected chi connectivity index (χ1v) is 30.0. The number of ether oxygens (including phenoxy) is 3. The fourth-order valence-corrected chi connectivity index (χ4v) is 7.97. The summed E-state index contributed by atoms with van der Waals surface area (Å²) in [6.45, 7) is 6.44. The zero-order valence-electron chi connectivity index (χ0n) is 47.4. The maximum Gasteiger partial charge on any atom is 0.306 e. The zero-order valence-corrected chi connectivity index (χ0v) is 47.4. The summed E-state index contributed by atoms with van der Waals surface area (Å²) < 4.78 is 16.8. The number of hydrogen-bond acceptors (Lipinski definition) is 6. The van der Waals surface area contributed by atoms with Gasteiger partial charge in [0.1, 0.15) is 13.2 Å². The van der Waals surface area contributed by atoms with E-state index < -0.39 is 6.10 Å². The van der Waals surface area contributed by atoms with Gasteiger partial charge >= 0.3 is 17.9 Å². The molecular formula is C67H110O6. The van der Waals surface area contributed by atoms with Gasteiger partial charge in [-0.05, 0) is 109 Å². The predicted molar refractivity (Wildman–Crippen MR) is 316 cm³/mol. The topological polar surface area (TPSA) is 78.9 Å². The Labute approximate surface area is 450 Å². The van der Waals surface area contributed by atoms with Crippen LogP contribution >= 0.6 is 0 Å². The van der Waals surface area contributed by atoms with Crippen molar-refractivity contribution in [3.63, 3.8) is 0 Å². The highest BCUT2D eigenvalue weighted by Crippen LogP contribution is 2.15. The Morgan fingerprint density at radius 2 is 0.548 bits per heavy atom. The van der Waals surface area contributed by atoms with Gasteiger partial charge < -0.3 is 14.2 Å². The average Bonchev–Trinajstić information content (AvgIpc) is 3.39. The summed E-state index contributed by atoms with van der Waals surface area (Å²) in [7, 11) is 0. The molecule has 0 fully saturated rings. The van der Waals surface area contributed by atoms with E-state index in [0.29, 0.717) is 19.3 Å². The van der Waals surface area contributed by atoms with Gasteiger partial charge in [-0.1, -0.05) is 258 Å². The molecule has 0 heterocycles. The second-order valence-corrected chi connectivity index (χ2v) is 19.5. The van der Waals surface area contributed by atoms with E-state index in [1.165, 1.54) is 103 Å². The lowest BCUT2D eigenvalue weighted by atomic mass is 10.0. The number of esters is 3. The monoisotopic (exact) mass is 1010 g/mol. The van der Waals surface area contributed by atoms with Gasteiger partial charge in [0, 0.05) is 19.3 Å². The molecule has 0 saturated carbocycles. The van der Waals surface area contributed by atoms with Gasteiger partial charge in [-0.15, -0.1) is 0 Å². The van der Waals surface area contributed by atoms with E-state index >= 15 is 0 Å². The van der Waals surface area contributed by atoms with Crippen molar-refractivity contribution in [3.8, 4) is 0 Å². The minimum Gasteiger partial charge on any atom is -0.462 e. The van der Waals surface area contributed by atoms with Gasteiger partial charge in [0.2, 0.25) is 0 Å². The minimum absolute atomic E-state index is 0.102. The summed E-state index contributed by atoms with van der Waals surface area (Å²) in [6, 6.07) is 0. The number of unbranched alkanes of at least 4 members (excludes halogenated alkanes) is 22. The number of hydrogen-bond donors (Lipinski definition) is 0. The molecule has 0 aromatic heterocycles. The summed E-state index contributed by atoms with van der Waals surface area (Å²) in [4.78, 5) is 38.2. The molecule has 0 aromatic carbocycles. The van der Waals surface area contributed by atoms with Crippen molar-refractivity contribution in [3.05, 3.63) is 122 Å². The molecule has 0 radical (unpaired) electrons. The summed E-state index contributed by atoms with van der Waals surface area (Å²) in [5.74, 6) is -0.976. The largest absolute Gasteiger partial charge is 0.462 e. The van der Waals surface area contributed by atoms with Gasteiger partial charge in [0.15, 0.2) is 6.10 Å². The zero-order chi connectivity index (χ0) is 52.9. The van der Waals surface area contributed by atoms with Crippen LogP contribution in [0.1, 0.15) is 265 Å². The molecule has 0 aliphatic carbocycles. The molecule has 0 rings (SSSR count). The molecule has 414 valence electrons. The standard InChI is InChI=1S/C67H110O6/c1-4-7-10-13-16-19-22-25-27-29-31-32-33-34-36-37-39-42-45-48-51-54-57-60-66(69)72-63-64(62-71-65(68)59-56-53-50-47-44-41-24-21-18-15-12-9-6-3)73-67(70)61-58-55-52-49-46-43-40-38-35-30-28-26-23-20-17-14-11-8-5-2/h7,10,16-17,19-20,25-28,31-32,34-36,38-39,42,48,51,64H,4-6,8-9,11-15,18,21-24,29-30,33,37,40-41,43-47,49-50,52-63H2,1-3H3/b10-7-,19-16-,20-17-,27-25-,28-26-,32-31-,36-34-,38-35-,42-39-,51-48-. The van der Waals surface area contributed by atoms with Gasteiger partial charge in [-0.2, -0.15) is 0 Å². The van der Waals surface area contributed by atoms with Crippen molar-refractivity contribution in [2.75, 3.05) is 13.2 Å². The van der Waals surface area contributed by atoms with E-state index in [4.69, 9.17) is 14.2 Å². The Hall–Kier alpha value is -4.19. The van der Waals surface area contributed by atoms with E-state index in [-0.39, 0.29) is 37.5 Å². The lowest BCUT2D eigenvalue weighted by Crippen LogP contribution is -2.30. The maximum absolute atomic E-state index is 12.9. The molecule has 0 saturated heterocycles. The van der Waals surface area contributed by atoms with Crippen LogP contribution in [0.4, 0.5) is 0 Å². The molecule has 0 aromatic rings. The highest BCUT2D eigenvalue weighted by molar-refractivity contribution is 5.71. The quantitative estimate of drug-likeness (QED) is 0.0261. The Morgan fingerprint density at radius 3 is 0.918 bits per heavy atom. The fourth-order valence-electron chi connectivity index (χ4n) is 7.97. The third kappa shape index (κ3) is 58.6. The highest BCUT2D eigenvalue weighted by atomic mass is 16.6. The maximum atomic E-state index is 12.9. The van der Waals surface area contributed by atoms with Crippen molar-refractivity contribution in [2.24, 2.45) is 0 Å². The number of rotatable bonds is 53. The normalized spacial score (nSPS) is 13.0. The van der Waals surface area contributed by atoms with Crippen LogP contribution in [0.5, 0.6) is 0 Å².